The fourth-order valence-electron chi connectivity index (χ4n) is 1.38. The number of likely N-dealkylation sites (N-methyl/N-ethyl adjacent to an activating group) is 1. The summed E-state index contributed by atoms with van der Waals surface area (Å²) >= 11 is 0. The van der Waals surface area contributed by atoms with Gasteiger partial charge in [-0.05, 0) is 31.0 Å². The molecule has 1 aromatic rings. The Balaban J connectivity index is 2.66. The summed E-state index contributed by atoms with van der Waals surface area (Å²) in [6, 6.07) is 4.61. The van der Waals surface area contributed by atoms with Crippen LogP contribution in [0.4, 0.5) is 4.39 Å². The number of carbonyl (C=O) groups excluding carboxylic acids is 1. The van der Waals surface area contributed by atoms with Crippen LogP contribution in [0.25, 0.3) is 0 Å². The van der Waals surface area contributed by atoms with Gasteiger partial charge in [0.2, 0.25) is 0 Å². The van der Waals surface area contributed by atoms with Gasteiger partial charge in [-0.15, -0.1) is 0 Å². The third-order valence-corrected chi connectivity index (χ3v) is 2.19. The summed E-state index contributed by atoms with van der Waals surface area (Å²) in [5, 5.41) is 2.39. The van der Waals surface area contributed by atoms with Gasteiger partial charge in [0.05, 0.1) is 0 Å². The van der Waals surface area contributed by atoms with Crippen molar-refractivity contribution in [2.45, 2.75) is 19.4 Å². The molecule has 0 saturated carbocycles. The third-order valence-electron chi connectivity index (χ3n) is 2.19. The van der Waals surface area contributed by atoms with Crippen molar-refractivity contribution < 1.29 is 13.9 Å². The molecule has 0 aliphatic carbocycles. The summed E-state index contributed by atoms with van der Waals surface area (Å²) < 4.78 is 18.6. The van der Waals surface area contributed by atoms with Gasteiger partial charge < -0.3 is 15.8 Å². The minimum absolute atomic E-state index is 0.0213. The molecule has 0 heterocycles. The van der Waals surface area contributed by atoms with Crippen molar-refractivity contribution in [3.05, 3.63) is 29.6 Å². The molecule has 0 aromatic heterocycles. The fourth-order valence-corrected chi connectivity index (χ4v) is 1.38. The molecule has 0 fully saturated rings. The van der Waals surface area contributed by atoms with E-state index in [2.05, 4.69) is 5.32 Å². The van der Waals surface area contributed by atoms with E-state index in [0.29, 0.717) is 6.42 Å². The lowest BCUT2D eigenvalue weighted by Gasteiger charge is -2.09. The summed E-state index contributed by atoms with van der Waals surface area (Å²) in [4.78, 5) is 10.9. The Bertz CT molecular complexity index is 394. The molecule has 94 valence electrons. The number of hydrogen-bond acceptors (Lipinski definition) is 3. The highest BCUT2D eigenvalue weighted by molar-refractivity contribution is 5.77. The summed E-state index contributed by atoms with van der Waals surface area (Å²) in [6.07, 6.45) is 0.604. The zero-order chi connectivity index (χ0) is 12.8. The maximum atomic E-state index is 13.6. The second-order valence-electron chi connectivity index (χ2n) is 3.91. The maximum absolute atomic E-state index is 13.6. The molecule has 0 saturated heterocycles. The Hall–Kier alpha value is -1.62. The van der Waals surface area contributed by atoms with Crippen LogP contribution in [0, 0.1) is 5.82 Å². The van der Waals surface area contributed by atoms with Crippen molar-refractivity contribution in [2.75, 3.05) is 13.7 Å². The molecule has 1 atom stereocenters. The number of nitrogens with two attached hydrogens (primary N) is 1. The van der Waals surface area contributed by atoms with Crippen molar-refractivity contribution in [1.82, 2.24) is 5.32 Å². The molecule has 0 radical (unpaired) electrons. The first-order chi connectivity index (χ1) is 8.02. The molecule has 3 N–H and O–H groups in total. The van der Waals surface area contributed by atoms with E-state index in [0.717, 1.165) is 5.56 Å². The minimum atomic E-state index is -0.480. The average molecular weight is 240 g/mol. The number of carbonyl (C=O) groups is 1. The number of amides is 1. The smallest absolute Gasteiger partial charge is 0.257 e. The SMILES string of the molecule is CNC(=O)COc1ccc(CC(C)N)cc1F. The third kappa shape index (κ3) is 4.40. The number of ether oxygens (including phenoxy) is 1. The van der Waals surface area contributed by atoms with E-state index in [4.69, 9.17) is 10.5 Å². The van der Waals surface area contributed by atoms with Gasteiger partial charge in [0, 0.05) is 13.1 Å². The monoisotopic (exact) mass is 240 g/mol. The molecule has 0 bridgehead atoms. The summed E-state index contributed by atoms with van der Waals surface area (Å²) in [6.45, 7) is 1.66. The van der Waals surface area contributed by atoms with Gasteiger partial charge >= 0.3 is 0 Å². The van der Waals surface area contributed by atoms with Crippen LogP contribution in [-0.2, 0) is 11.2 Å². The number of rotatable bonds is 5. The molecule has 4 nitrogen and oxygen atoms in total. The lowest BCUT2D eigenvalue weighted by Crippen LogP contribution is -2.25. The van der Waals surface area contributed by atoms with Crippen LogP contribution in [0.1, 0.15) is 12.5 Å². The van der Waals surface area contributed by atoms with Gasteiger partial charge in [-0.3, -0.25) is 4.79 Å². The fraction of sp³-hybridized carbons (Fsp3) is 0.417. The van der Waals surface area contributed by atoms with Gasteiger partial charge in [-0.1, -0.05) is 6.07 Å². The van der Waals surface area contributed by atoms with Gasteiger partial charge in [-0.25, -0.2) is 4.39 Å². The zero-order valence-electron chi connectivity index (χ0n) is 10.00. The summed E-state index contributed by atoms with van der Waals surface area (Å²) in [5.74, 6) is -0.710. The van der Waals surface area contributed by atoms with Crippen LogP contribution in [0.3, 0.4) is 0 Å². The minimum Gasteiger partial charge on any atom is -0.481 e. The van der Waals surface area contributed by atoms with Crippen molar-refractivity contribution in [3.8, 4) is 5.75 Å². The molecular formula is C12H17FN2O2. The van der Waals surface area contributed by atoms with Crippen LogP contribution < -0.4 is 15.8 Å². The molecule has 1 rings (SSSR count). The lowest BCUT2D eigenvalue weighted by atomic mass is 10.1. The van der Waals surface area contributed by atoms with Crippen LogP contribution in [-0.4, -0.2) is 25.6 Å². The normalized spacial score (nSPS) is 12.0. The first-order valence-corrected chi connectivity index (χ1v) is 5.40. The molecule has 1 amide bonds. The Kier molecular flexibility index (Phi) is 4.90. The Morgan fingerprint density at radius 2 is 2.29 bits per heavy atom. The highest BCUT2D eigenvalue weighted by atomic mass is 19.1. The molecule has 1 aromatic carbocycles. The van der Waals surface area contributed by atoms with Crippen molar-refractivity contribution in [2.24, 2.45) is 5.73 Å². The lowest BCUT2D eigenvalue weighted by molar-refractivity contribution is -0.122. The molecule has 0 aliphatic heterocycles. The molecule has 17 heavy (non-hydrogen) atoms. The first-order valence-electron chi connectivity index (χ1n) is 5.40. The van der Waals surface area contributed by atoms with E-state index in [-0.39, 0.29) is 24.3 Å². The van der Waals surface area contributed by atoms with E-state index in [1.165, 1.54) is 19.2 Å². The van der Waals surface area contributed by atoms with Crippen LogP contribution in [0.2, 0.25) is 0 Å². The first kappa shape index (κ1) is 13.4. The zero-order valence-corrected chi connectivity index (χ0v) is 10.00. The molecule has 0 aliphatic rings. The van der Waals surface area contributed by atoms with Crippen molar-refractivity contribution >= 4 is 5.91 Å². The summed E-state index contributed by atoms with van der Waals surface area (Å²) in [5.41, 5.74) is 6.43. The predicted molar refractivity (Wildman–Crippen MR) is 63.3 cm³/mol. The van der Waals surface area contributed by atoms with Crippen LogP contribution >= 0.6 is 0 Å². The van der Waals surface area contributed by atoms with E-state index >= 15 is 0 Å². The second-order valence-corrected chi connectivity index (χ2v) is 3.91. The topological polar surface area (TPSA) is 64.3 Å². The van der Waals surface area contributed by atoms with Crippen LogP contribution in [0.15, 0.2) is 18.2 Å². The van der Waals surface area contributed by atoms with Crippen molar-refractivity contribution in [3.63, 3.8) is 0 Å². The maximum Gasteiger partial charge on any atom is 0.257 e. The number of halogens is 1. The highest BCUT2D eigenvalue weighted by Crippen LogP contribution is 2.18. The van der Waals surface area contributed by atoms with Gasteiger partial charge in [0.15, 0.2) is 18.2 Å². The predicted octanol–water partition coefficient (Wildman–Crippen LogP) is 0.840. The quantitative estimate of drug-likeness (QED) is 0.801. The van der Waals surface area contributed by atoms with Gasteiger partial charge in [-0.2, -0.15) is 0 Å². The average Bonchev–Trinajstić information content (AvgIpc) is 2.26. The molecular weight excluding hydrogens is 223 g/mol. The van der Waals surface area contributed by atoms with E-state index in [1.54, 1.807) is 6.07 Å². The van der Waals surface area contributed by atoms with Crippen LogP contribution in [0.5, 0.6) is 5.75 Å². The molecule has 5 heteroatoms. The number of benzene rings is 1. The molecule has 0 spiro atoms. The number of nitrogens with one attached hydrogen (secondary N) is 1. The van der Waals surface area contributed by atoms with Gasteiger partial charge in [0.1, 0.15) is 0 Å². The Morgan fingerprint density at radius 3 is 2.82 bits per heavy atom. The highest BCUT2D eigenvalue weighted by Gasteiger charge is 2.07. The summed E-state index contributed by atoms with van der Waals surface area (Å²) in [7, 11) is 1.49. The van der Waals surface area contributed by atoms with Crippen molar-refractivity contribution in [1.29, 1.82) is 0 Å². The number of hydrogen-bond donors (Lipinski definition) is 2. The Labute approximate surface area is 100.0 Å². The standard InChI is InChI=1S/C12H17FN2O2/c1-8(14)5-9-3-4-11(10(13)6-9)17-7-12(16)15-2/h3-4,6,8H,5,7,14H2,1-2H3,(H,15,16). The molecule has 1 unspecified atom stereocenters. The van der Waals surface area contributed by atoms with Gasteiger partial charge in [0.25, 0.3) is 5.91 Å². The second kappa shape index (κ2) is 6.20. The van der Waals surface area contributed by atoms with E-state index in [1.807, 2.05) is 6.92 Å². The Morgan fingerprint density at radius 1 is 1.59 bits per heavy atom. The largest absolute Gasteiger partial charge is 0.481 e. The van der Waals surface area contributed by atoms with E-state index in [9.17, 15) is 9.18 Å². The van der Waals surface area contributed by atoms with E-state index < -0.39 is 5.82 Å².